The molecule has 1 saturated carbocycles. The fourth-order valence-electron chi connectivity index (χ4n) is 1.93. The predicted octanol–water partition coefficient (Wildman–Crippen LogP) is 0.733. The van der Waals surface area contributed by atoms with Crippen LogP contribution in [-0.2, 0) is 14.9 Å². The number of nitrogens with zero attached hydrogens (tertiary/aromatic N) is 1. The number of hydrogen-bond donors (Lipinski definition) is 1. The Kier molecular flexibility index (Phi) is 4.78. The molecule has 0 radical (unpaired) electrons. The van der Waals surface area contributed by atoms with Crippen LogP contribution >= 0.6 is 0 Å². The molecule has 0 unspecified atom stereocenters. The lowest BCUT2D eigenvalue weighted by Crippen LogP contribution is -2.39. The van der Waals surface area contributed by atoms with Crippen molar-refractivity contribution >= 4 is 10.2 Å². The van der Waals surface area contributed by atoms with Gasteiger partial charge in [-0.15, -0.1) is 0 Å². The van der Waals surface area contributed by atoms with Gasteiger partial charge in [-0.25, -0.2) is 4.72 Å². The highest BCUT2D eigenvalue weighted by Gasteiger charge is 2.24. The molecule has 17 heavy (non-hydrogen) atoms. The molecule has 2 fully saturated rings. The number of hydrogen-bond acceptors (Lipinski definition) is 3. The van der Waals surface area contributed by atoms with Gasteiger partial charge in [-0.3, -0.25) is 0 Å². The fraction of sp³-hybridized carbons (Fsp3) is 1.00. The Hall–Kier alpha value is -0.170. The zero-order valence-corrected chi connectivity index (χ0v) is 11.0. The smallest absolute Gasteiger partial charge is 0.279 e. The first-order valence-corrected chi connectivity index (χ1v) is 7.95. The van der Waals surface area contributed by atoms with E-state index in [1.54, 1.807) is 0 Å². The van der Waals surface area contributed by atoms with Crippen LogP contribution in [0.4, 0.5) is 0 Å². The average Bonchev–Trinajstić information content (AvgIpc) is 2.94. The molecule has 100 valence electrons. The third-order valence-corrected chi connectivity index (χ3v) is 4.82. The molecule has 0 atom stereocenters. The molecule has 1 aliphatic carbocycles. The van der Waals surface area contributed by atoms with E-state index < -0.39 is 10.2 Å². The van der Waals surface area contributed by atoms with Crippen LogP contribution in [0.1, 0.15) is 32.1 Å². The molecule has 1 saturated heterocycles. The second-order valence-corrected chi connectivity index (χ2v) is 6.63. The van der Waals surface area contributed by atoms with E-state index in [2.05, 4.69) is 4.72 Å². The van der Waals surface area contributed by atoms with Gasteiger partial charge in [-0.1, -0.05) is 0 Å². The van der Waals surface area contributed by atoms with Crippen molar-refractivity contribution in [2.75, 3.05) is 32.8 Å². The molecule has 5 nitrogen and oxygen atoms in total. The standard InChI is InChI=1S/C11H22N2O3S/c14-17(15,13-7-1-2-8-13)12-6-3-9-16-10-11-4-5-11/h11-12H,1-10H2. The Morgan fingerprint density at radius 1 is 1.24 bits per heavy atom. The SMILES string of the molecule is O=S(=O)(NCCCOCC1CC1)N1CCCC1. The summed E-state index contributed by atoms with van der Waals surface area (Å²) in [6.45, 7) is 3.29. The molecular formula is C11H22N2O3S. The van der Waals surface area contributed by atoms with Gasteiger partial charge in [-0.2, -0.15) is 12.7 Å². The summed E-state index contributed by atoms with van der Waals surface area (Å²) in [7, 11) is -3.22. The predicted molar refractivity (Wildman–Crippen MR) is 65.9 cm³/mol. The first kappa shape index (κ1) is 13.3. The highest BCUT2D eigenvalue weighted by Crippen LogP contribution is 2.28. The summed E-state index contributed by atoms with van der Waals surface area (Å²) < 4.78 is 33.1. The number of rotatable bonds is 8. The monoisotopic (exact) mass is 262 g/mol. The topological polar surface area (TPSA) is 58.6 Å². The minimum Gasteiger partial charge on any atom is -0.381 e. The molecule has 2 aliphatic rings. The Balaban J connectivity index is 1.53. The van der Waals surface area contributed by atoms with Crippen molar-refractivity contribution in [3.8, 4) is 0 Å². The largest absolute Gasteiger partial charge is 0.381 e. The molecule has 1 N–H and O–H groups in total. The Labute approximate surface area is 104 Å². The van der Waals surface area contributed by atoms with Crippen LogP contribution in [0.2, 0.25) is 0 Å². The van der Waals surface area contributed by atoms with E-state index in [-0.39, 0.29) is 0 Å². The van der Waals surface area contributed by atoms with Crippen LogP contribution in [0.25, 0.3) is 0 Å². The maximum absolute atomic E-state index is 11.8. The lowest BCUT2D eigenvalue weighted by atomic mass is 10.4. The molecule has 6 heteroatoms. The van der Waals surface area contributed by atoms with Gasteiger partial charge in [0.2, 0.25) is 0 Å². The number of nitrogens with one attached hydrogen (secondary N) is 1. The molecule has 1 heterocycles. The van der Waals surface area contributed by atoms with Crippen LogP contribution in [-0.4, -0.2) is 45.6 Å². The van der Waals surface area contributed by atoms with E-state index in [1.165, 1.54) is 17.1 Å². The van der Waals surface area contributed by atoms with Gasteiger partial charge in [0, 0.05) is 32.8 Å². The Bertz CT molecular complexity index is 322. The highest BCUT2D eigenvalue weighted by molar-refractivity contribution is 7.87. The molecule has 1 aliphatic heterocycles. The normalized spacial score (nSPS) is 22.1. The molecule has 0 amide bonds. The summed E-state index contributed by atoms with van der Waals surface area (Å²) in [6.07, 6.45) is 5.29. The van der Waals surface area contributed by atoms with E-state index in [9.17, 15) is 8.42 Å². The van der Waals surface area contributed by atoms with Crippen molar-refractivity contribution in [1.29, 1.82) is 0 Å². The van der Waals surface area contributed by atoms with E-state index in [0.717, 1.165) is 31.8 Å². The van der Waals surface area contributed by atoms with Crippen molar-refractivity contribution in [2.45, 2.75) is 32.1 Å². The molecule has 0 spiro atoms. The summed E-state index contributed by atoms with van der Waals surface area (Å²) in [4.78, 5) is 0. The third kappa shape index (κ3) is 4.54. The number of ether oxygens (including phenoxy) is 1. The quantitative estimate of drug-likeness (QED) is 0.656. The molecule has 0 bridgehead atoms. The van der Waals surface area contributed by atoms with Gasteiger partial charge in [0.15, 0.2) is 0 Å². The van der Waals surface area contributed by atoms with Crippen molar-refractivity contribution in [2.24, 2.45) is 5.92 Å². The Morgan fingerprint density at radius 3 is 2.59 bits per heavy atom. The molecule has 2 rings (SSSR count). The zero-order valence-electron chi connectivity index (χ0n) is 10.2. The Morgan fingerprint density at radius 2 is 1.94 bits per heavy atom. The minimum atomic E-state index is -3.22. The van der Waals surface area contributed by atoms with Gasteiger partial charge in [0.05, 0.1) is 0 Å². The third-order valence-electron chi connectivity index (χ3n) is 3.21. The lowest BCUT2D eigenvalue weighted by Gasteiger charge is -2.15. The first-order chi connectivity index (χ1) is 8.18. The van der Waals surface area contributed by atoms with Crippen molar-refractivity contribution in [3.05, 3.63) is 0 Å². The van der Waals surface area contributed by atoms with Crippen LogP contribution in [0, 0.1) is 5.92 Å². The van der Waals surface area contributed by atoms with Gasteiger partial charge < -0.3 is 4.74 Å². The van der Waals surface area contributed by atoms with Gasteiger partial charge >= 0.3 is 0 Å². The van der Waals surface area contributed by atoms with Crippen molar-refractivity contribution in [1.82, 2.24) is 9.03 Å². The van der Waals surface area contributed by atoms with Crippen LogP contribution in [0.15, 0.2) is 0 Å². The summed E-state index contributed by atoms with van der Waals surface area (Å²) in [5.74, 6) is 0.774. The summed E-state index contributed by atoms with van der Waals surface area (Å²) in [5.41, 5.74) is 0. The maximum atomic E-state index is 11.8. The van der Waals surface area contributed by atoms with E-state index in [4.69, 9.17) is 4.74 Å². The van der Waals surface area contributed by atoms with E-state index in [1.807, 2.05) is 0 Å². The van der Waals surface area contributed by atoms with Gasteiger partial charge in [0.1, 0.15) is 0 Å². The summed E-state index contributed by atoms with van der Waals surface area (Å²) in [5, 5.41) is 0. The van der Waals surface area contributed by atoms with E-state index in [0.29, 0.717) is 26.2 Å². The molecule has 0 aromatic rings. The molecule has 0 aromatic heterocycles. The second kappa shape index (κ2) is 6.13. The van der Waals surface area contributed by atoms with Gasteiger partial charge in [0.25, 0.3) is 10.2 Å². The van der Waals surface area contributed by atoms with Crippen molar-refractivity contribution in [3.63, 3.8) is 0 Å². The first-order valence-electron chi connectivity index (χ1n) is 6.51. The molecular weight excluding hydrogens is 240 g/mol. The lowest BCUT2D eigenvalue weighted by molar-refractivity contribution is 0.123. The van der Waals surface area contributed by atoms with E-state index >= 15 is 0 Å². The minimum absolute atomic E-state index is 0.476. The second-order valence-electron chi connectivity index (χ2n) is 4.88. The van der Waals surface area contributed by atoms with Crippen LogP contribution in [0.5, 0.6) is 0 Å². The highest BCUT2D eigenvalue weighted by atomic mass is 32.2. The van der Waals surface area contributed by atoms with Crippen LogP contribution < -0.4 is 4.72 Å². The average molecular weight is 262 g/mol. The zero-order chi connectivity index (χ0) is 12.1. The van der Waals surface area contributed by atoms with Crippen molar-refractivity contribution < 1.29 is 13.2 Å². The summed E-state index contributed by atoms with van der Waals surface area (Å²) >= 11 is 0. The van der Waals surface area contributed by atoms with Gasteiger partial charge in [-0.05, 0) is 38.0 Å². The molecule has 0 aromatic carbocycles. The fourth-order valence-corrected chi connectivity index (χ4v) is 3.25. The van der Waals surface area contributed by atoms with Crippen LogP contribution in [0.3, 0.4) is 0 Å². The summed E-state index contributed by atoms with van der Waals surface area (Å²) in [6, 6.07) is 0. The maximum Gasteiger partial charge on any atom is 0.279 e.